The van der Waals surface area contributed by atoms with Gasteiger partial charge in [0, 0.05) is 11.7 Å². The minimum Gasteiger partial charge on any atom is -0.325 e. The Labute approximate surface area is 107 Å². The summed E-state index contributed by atoms with van der Waals surface area (Å²) in [6.45, 7) is 7.23. The van der Waals surface area contributed by atoms with Crippen LogP contribution >= 0.6 is 11.6 Å². The molecule has 0 unspecified atom stereocenters. The number of carbonyl (C=O) groups excluding carboxylic acids is 1. The summed E-state index contributed by atoms with van der Waals surface area (Å²) in [6, 6.07) is 1.62. The second kappa shape index (κ2) is 4.63. The number of pyridine rings is 1. The maximum Gasteiger partial charge on any atom is 0.231 e. The van der Waals surface area contributed by atoms with Crippen molar-refractivity contribution in [1.29, 1.82) is 0 Å². The fraction of sp³-hybridized carbons (Fsp3) is 0.500. The van der Waals surface area contributed by atoms with E-state index in [-0.39, 0.29) is 5.91 Å². The first-order chi connectivity index (χ1) is 7.66. The molecule has 0 fully saturated rings. The van der Waals surface area contributed by atoms with Crippen LogP contribution in [0.25, 0.3) is 0 Å². The summed E-state index contributed by atoms with van der Waals surface area (Å²) in [5.74, 6) is -0.181. The summed E-state index contributed by atoms with van der Waals surface area (Å²) in [6.07, 6.45) is 3.08. The minimum absolute atomic E-state index is 0.181. The van der Waals surface area contributed by atoms with Crippen molar-refractivity contribution in [2.75, 3.05) is 5.32 Å². The zero-order valence-corrected chi connectivity index (χ0v) is 11.3. The van der Waals surface area contributed by atoms with E-state index in [1.54, 1.807) is 26.1 Å². The Kier molecular flexibility index (Phi) is 3.79. The van der Waals surface area contributed by atoms with Gasteiger partial charge in [0.05, 0.1) is 22.3 Å². The summed E-state index contributed by atoms with van der Waals surface area (Å²) >= 11 is 5.95. The summed E-state index contributed by atoms with van der Waals surface area (Å²) in [5.41, 5.74) is 5.14. The molecule has 0 spiro atoms. The molecule has 0 atom stereocenters. The van der Waals surface area contributed by atoms with Crippen LogP contribution in [0.4, 0.5) is 5.69 Å². The maximum atomic E-state index is 12.2. The zero-order chi connectivity index (χ0) is 13.3. The van der Waals surface area contributed by atoms with Gasteiger partial charge in [0.2, 0.25) is 5.91 Å². The number of rotatable bonds is 3. The van der Waals surface area contributed by atoms with Gasteiger partial charge in [0.1, 0.15) is 0 Å². The van der Waals surface area contributed by atoms with E-state index < -0.39 is 11.0 Å². The van der Waals surface area contributed by atoms with Crippen molar-refractivity contribution in [2.45, 2.75) is 33.2 Å². The lowest BCUT2D eigenvalue weighted by atomic mass is 9.74. The Hall–Kier alpha value is -1.13. The first kappa shape index (κ1) is 13.9. The predicted molar refractivity (Wildman–Crippen MR) is 69.9 cm³/mol. The van der Waals surface area contributed by atoms with Gasteiger partial charge in [-0.3, -0.25) is 9.78 Å². The van der Waals surface area contributed by atoms with E-state index in [1.165, 1.54) is 6.20 Å². The van der Waals surface area contributed by atoms with Crippen molar-refractivity contribution >= 4 is 23.2 Å². The van der Waals surface area contributed by atoms with Gasteiger partial charge in [-0.25, -0.2) is 0 Å². The van der Waals surface area contributed by atoms with Gasteiger partial charge in [0.25, 0.3) is 0 Å². The molecule has 0 aliphatic heterocycles. The Morgan fingerprint density at radius 3 is 2.47 bits per heavy atom. The predicted octanol–water partition coefficient (Wildman–Crippen LogP) is 2.44. The lowest BCUT2D eigenvalue weighted by molar-refractivity contribution is -0.126. The van der Waals surface area contributed by atoms with E-state index >= 15 is 0 Å². The summed E-state index contributed by atoms with van der Waals surface area (Å²) < 4.78 is 0. The van der Waals surface area contributed by atoms with Crippen molar-refractivity contribution in [3.63, 3.8) is 0 Å². The van der Waals surface area contributed by atoms with Crippen LogP contribution in [0, 0.1) is 5.41 Å². The summed E-state index contributed by atoms with van der Waals surface area (Å²) in [4.78, 5) is 16.1. The van der Waals surface area contributed by atoms with E-state index in [4.69, 9.17) is 17.3 Å². The standard InChI is InChI=1S/C12H18ClN3O/c1-11(2,12(3,4)14)10(17)16-9-7-15-6-5-8(9)13/h5-7H,14H2,1-4H3,(H,16,17). The number of aromatic nitrogens is 1. The fourth-order valence-corrected chi connectivity index (χ4v) is 1.19. The molecule has 1 heterocycles. The molecule has 0 saturated carbocycles. The Balaban J connectivity index is 2.91. The van der Waals surface area contributed by atoms with Gasteiger partial charge >= 0.3 is 0 Å². The van der Waals surface area contributed by atoms with Crippen LogP contribution in [-0.2, 0) is 4.79 Å². The molecule has 4 nitrogen and oxygen atoms in total. The molecule has 0 bridgehead atoms. The van der Waals surface area contributed by atoms with Crippen LogP contribution in [0.3, 0.4) is 0 Å². The fourth-order valence-electron chi connectivity index (χ4n) is 1.04. The number of carbonyl (C=O) groups is 1. The van der Waals surface area contributed by atoms with Crippen LogP contribution in [0.5, 0.6) is 0 Å². The third-order valence-corrected chi connectivity index (χ3v) is 3.52. The number of nitrogens with one attached hydrogen (secondary N) is 1. The number of nitrogens with zero attached hydrogens (tertiary/aromatic N) is 1. The Bertz CT molecular complexity index is 424. The second-order valence-electron chi connectivity index (χ2n) is 5.16. The lowest BCUT2D eigenvalue weighted by Gasteiger charge is -2.36. The Morgan fingerprint density at radius 2 is 2.00 bits per heavy atom. The van der Waals surface area contributed by atoms with Crippen LogP contribution in [-0.4, -0.2) is 16.4 Å². The van der Waals surface area contributed by atoms with Crippen LogP contribution < -0.4 is 11.1 Å². The highest BCUT2D eigenvalue weighted by molar-refractivity contribution is 6.33. The van der Waals surface area contributed by atoms with E-state index in [0.29, 0.717) is 10.7 Å². The molecule has 3 N–H and O–H groups in total. The molecule has 0 saturated heterocycles. The van der Waals surface area contributed by atoms with Crippen LogP contribution in [0.15, 0.2) is 18.5 Å². The van der Waals surface area contributed by atoms with Gasteiger partial charge in [-0.05, 0) is 33.8 Å². The summed E-state index contributed by atoms with van der Waals surface area (Å²) in [7, 11) is 0. The van der Waals surface area contributed by atoms with E-state index in [1.807, 2.05) is 13.8 Å². The number of nitrogens with two attached hydrogens (primary N) is 1. The van der Waals surface area contributed by atoms with Crippen molar-refractivity contribution < 1.29 is 4.79 Å². The topological polar surface area (TPSA) is 68.0 Å². The smallest absolute Gasteiger partial charge is 0.231 e. The molecule has 5 heteroatoms. The van der Waals surface area contributed by atoms with Gasteiger partial charge < -0.3 is 11.1 Å². The zero-order valence-electron chi connectivity index (χ0n) is 10.5. The average molecular weight is 256 g/mol. The number of hydrogen-bond acceptors (Lipinski definition) is 3. The van der Waals surface area contributed by atoms with Crippen molar-refractivity contribution in [1.82, 2.24) is 4.98 Å². The average Bonchev–Trinajstić information content (AvgIpc) is 2.19. The van der Waals surface area contributed by atoms with E-state index in [0.717, 1.165) is 0 Å². The van der Waals surface area contributed by atoms with Crippen LogP contribution in [0.2, 0.25) is 5.02 Å². The molecule has 0 radical (unpaired) electrons. The third kappa shape index (κ3) is 2.96. The minimum atomic E-state index is -0.716. The lowest BCUT2D eigenvalue weighted by Crippen LogP contribution is -2.53. The van der Waals surface area contributed by atoms with Crippen molar-refractivity contribution in [2.24, 2.45) is 11.1 Å². The van der Waals surface area contributed by atoms with Crippen molar-refractivity contribution in [3.05, 3.63) is 23.5 Å². The molecule has 1 aromatic heterocycles. The molecule has 0 aromatic carbocycles. The van der Waals surface area contributed by atoms with E-state index in [9.17, 15) is 4.79 Å². The van der Waals surface area contributed by atoms with Gasteiger partial charge in [-0.1, -0.05) is 11.6 Å². The third-order valence-electron chi connectivity index (χ3n) is 3.19. The molecule has 1 rings (SSSR count). The molecule has 0 aliphatic carbocycles. The normalized spacial score (nSPS) is 12.4. The first-order valence-electron chi connectivity index (χ1n) is 5.36. The highest BCUT2D eigenvalue weighted by atomic mass is 35.5. The SMILES string of the molecule is CC(C)(N)C(C)(C)C(=O)Nc1cnccc1Cl. The second-order valence-corrected chi connectivity index (χ2v) is 5.56. The molecular weight excluding hydrogens is 238 g/mol. The number of amides is 1. The van der Waals surface area contributed by atoms with Gasteiger partial charge in [0.15, 0.2) is 0 Å². The maximum absolute atomic E-state index is 12.2. The quantitative estimate of drug-likeness (QED) is 0.872. The molecule has 0 aliphatic rings. The molecular formula is C12H18ClN3O. The monoisotopic (exact) mass is 255 g/mol. The highest BCUT2D eigenvalue weighted by Crippen LogP contribution is 2.30. The summed E-state index contributed by atoms with van der Waals surface area (Å²) in [5, 5.41) is 3.20. The molecule has 17 heavy (non-hydrogen) atoms. The van der Waals surface area contributed by atoms with Crippen LogP contribution in [0.1, 0.15) is 27.7 Å². The number of anilines is 1. The largest absolute Gasteiger partial charge is 0.325 e. The number of halogens is 1. The van der Waals surface area contributed by atoms with E-state index in [2.05, 4.69) is 10.3 Å². The van der Waals surface area contributed by atoms with Gasteiger partial charge in [-0.15, -0.1) is 0 Å². The van der Waals surface area contributed by atoms with Crippen molar-refractivity contribution in [3.8, 4) is 0 Å². The first-order valence-corrected chi connectivity index (χ1v) is 5.74. The molecule has 94 valence electrons. The number of hydrogen-bond donors (Lipinski definition) is 2. The Morgan fingerprint density at radius 1 is 1.41 bits per heavy atom. The molecule has 1 aromatic rings. The van der Waals surface area contributed by atoms with Gasteiger partial charge in [-0.2, -0.15) is 0 Å². The molecule has 1 amide bonds. The highest BCUT2D eigenvalue weighted by Gasteiger charge is 2.40.